The zero-order valence-corrected chi connectivity index (χ0v) is 22.5. The highest BCUT2D eigenvalue weighted by molar-refractivity contribution is 7.86. The first-order valence-electron chi connectivity index (χ1n) is 11.6. The van der Waals surface area contributed by atoms with Crippen LogP contribution in [0.4, 0.5) is 5.69 Å². The second kappa shape index (κ2) is 11.4. The summed E-state index contributed by atoms with van der Waals surface area (Å²) in [4.78, 5) is 50.4. The zero-order valence-electron chi connectivity index (χ0n) is 21.6. The molecule has 12 nitrogen and oxygen atoms in total. The third-order valence-electron chi connectivity index (χ3n) is 5.61. The number of amides is 2. The smallest absolute Gasteiger partial charge is 0.354 e. The monoisotopic (exact) mass is 566 g/mol. The first-order valence-corrected chi connectivity index (χ1v) is 13.4. The molecular weight excluding hydrogens is 540 g/mol. The summed E-state index contributed by atoms with van der Waals surface area (Å²) in [7, 11) is -4.25. The van der Waals surface area contributed by atoms with Gasteiger partial charge in [-0.15, -0.1) is 0 Å². The standard InChI is InChI=1S/C27H26N4O8S/c1-27(2,26(35)36)31-23(32)16-10-13-19(21(14-16)25(34)39-40(3,37)38)18-6-4-5-7-20(18)24(33)30-17-11-8-15(9-12-17)22(28)29/h4-14H,1-3H3,(H3,28,29)(H,30,33)(H,31,32)(H,35,36). The van der Waals surface area contributed by atoms with Crippen molar-refractivity contribution in [1.82, 2.24) is 5.32 Å². The van der Waals surface area contributed by atoms with E-state index in [0.717, 1.165) is 6.07 Å². The van der Waals surface area contributed by atoms with Gasteiger partial charge in [0.1, 0.15) is 11.4 Å². The van der Waals surface area contributed by atoms with E-state index in [1.54, 1.807) is 36.4 Å². The van der Waals surface area contributed by atoms with Gasteiger partial charge in [-0.25, -0.2) is 9.59 Å². The number of carbonyl (C=O) groups is 4. The molecule has 0 fully saturated rings. The largest absolute Gasteiger partial charge is 0.480 e. The maximum absolute atomic E-state index is 13.2. The van der Waals surface area contributed by atoms with Crippen LogP contribution in [0.1, 0.15) is 50.5 Å². The van der Waals surface area contributed by atoms with Crippen molar-refractivity contribution in [3.8, 4) is 11.1 Å². The van der Waals surface area contributed by atoms with Gasteiger partial charge in [0.25, 0.3) is 11.8 Å². The van der Waals surface area contributed by atoms with Crippen LogP contribution in [0.2, 0.25) is 0 Å². The molecule has 0 aromatic heterocycles. The van der Waals surface area contributed by atoms with E-state index in [4.69, 9.17) is 11.1 Å². The molecule has 0 aliphatic rings. The summed E-state index contributed by atoms with van der Waals surface area (Å²) in [6, 6.07) is 16.1. The molecule has 208 valence electrons. The summed E-state index contributed by atoms with van der Waals surface area (Å²) in [5, 5.41) is 21.8. The Bertz CT molecular complexity index is 1630. The Morgan fingerprint density at radius 1 is 0.875 bits per heavy atom. The summed E-state index contributed by atoms with van der Waals surface area (Å²) < 4.78 is 28.0. The van der Waals surface area contributed by atoms with Gasteiger partial charge in [-0.2, -0.15) is 8.42 Å². The number of nitrogen functional groups attached to an aromatic ring is 1. The number of rotatable bonds is 9. The Morgan fingerprint density at radius 2 is 1.45 bits per heavy atom. The lowest BCUT2D eigenvalue weighted by molar-refractivity contribution is -0.143. The quantitative estimate of drug-likeness (QED) is 0.146. The third-order valence-corrected chi connectivity index (χ3v) is 6.06. The van der Waals surface area contributed by atoms with E-state index >= 15 is 0 Å². The van der Waals surface area contributed by atoms with Crippen LogP contribution >= 0.6 is 0 Å². The summed E-state index contributed by atoms with van der Waals surface area (Å²) in [5.41, 5.74) is 4.59. The Balaban J connectivity index is 2.07. The fraction of sp³-hybridized carbons (Fsp3) is 0.148. The molecule has 3 aromatic carbocycles. The minimum absolute atomic E-state index is 0.0837. The predicted molar refractivity (Wildman–Crippen MR) is 147 cm³/mol. The molecule has 6 N–H and O–H groups in total. The Kier molecular flexibility index (Phi) is 8.39. The number of amidine groups is 1. The van der Waals surface area contributed by atoms with Gasteiger partial charge in [0.15, 0.2) is 0 Å². The van der Waals surface area contributed by atoms with Crippen molar-refractivity contribution < 1.29 is 36.9 Å². The van der Waals surface area contributed by atoms with E-state index in [-0.39, 0.29) is 33.7 Å². The number of carboxylic acid groups (broad SMARTS) is 1. The molecule has 0 spiro atoms. The van der Waals surface area contributed by atoms with Crippen LogP contribution in [0.25, 0.3) is 11.1 Å². The number of hydrogen-bond acceptors (Lipinski definition) is 8. The van der Waals surface area contributed by atoms with Crippen molar-refractivity contribution in [1.29, 1.82) is 5.41 Å². The second-order valence-electron chi connectivity index (χ2n) is 9.21. The molecule has 40 heavy (non-hydrogen) atoms. The lowest BCUT2D eigenvalue weighted by Crippen LogP contribution is -2.49. The molecule has 0 saturated heterocycles. The van der Waals surface area contributed by atoms with E-state index in [0.29, 0.717) is 17.5 Å². The average Bonchev–Trinajstić information content (AvgIpc) is 2.87. The first kappa shape index (κ1) is 29.5. The van der Waals surface area contributed by atoms with Crippen molar-refractivity contribution in [2.45, 2.75) is 19.4 Å². The van der Waals surface area contributed by atoms with Crippen molar-refractivity contribution in [2.75, 3.05) is 11.6 Å². The SMILES string of the molecule is CC(C)(NC(=O)c1ccc(-c2ccccc2C(=O)Nc2ccc(C(=N)N)cc2)c(C(=O)OS(C)(=O)=O)c1)C(=O)O. The number of carboxylic acids is 1. The van der Waals surface area contributed by atoms with Gasteiger partial charge >= 0.3 is 22.1 Å². The molecule has 0 radical (unpaired) electrons. The first-order chi connectivity index (χ1) is 18.6. The van der Waals surface area contributed by atoms with E-state index in [1.807, 2.05) is 0 Å². The molecule has 0 unspecified atom stereocenters. The summed E-state index contributed by atoms with van der Waals surface area (Å²) >= 11 is 0. The number of carbonyl (C=O) groups excluding carboxylic acids is 3. The summed E-state index contributed by atoms with van der Waals surface area (Å²) in [6.45, 7) is 2.53. The van der Waals surface area contributed by atoms with Gasteiger partial charge in [-0.3, -0.25) is 15.0 Å². The number of nitrogens with one attached hydrogen (secondary N) is 3. The Morgan fingerprint density at radius 3 is 2.02 bits per heavy atom. The van der Waals surface area contributed by atoms with Gasteiger partial charge in [0.2, 0.25) is 0 Å². The highest BCUT2D eigenvalue weighted by Gasteiger charge is 2.30. The fourth-order valence-electron chi connectivity index (χ4n) is 3.53. The molecule has 0 saturated carbocycles. The second-order valence-corrected chi connectivity index (χ2v) is 10.8. The molecule has 3 aromatic rings. The lowest BCUT2D eigenvalue weighted by Gasteiger charge is -2.21. The highest BCUT2D eigenvalue weighted by Crippen LogP contribution is 2.30. The molecule has 3 rings (SSSR count). The molecule has 0 aliphatic carbocycles. The van der Waals surface area contributed by atoms with Gasteiger partial charge in [0, 0.05) is 22.4 Å². The van der Waals surface area contributed by atoms with Crippen LogP contribution in [0.5, 0.6) is 0 Å². The van der Waals surface area contributed by atoms with E-state index in [1.165, 1.54) is 38.1 Å². The number of anilines is 1. The van der Waals surface area contributed by atoms with Crippen LogP contribution in [0, 0.1) is 5.41 Å². The molecule has 13 heteroatoms. The molecule has 2 amide bonds. The maximum Gasteiger partial charge on any atom is 0.354 e. The van der Waals surface area contributed by atoms with Gasteiger partial charge in [-0.1, -0.05) is 24.3 Å². The van der Waals surface area contributed by atoms with Gasteiger partial charge in [0.05, 0.1) is 11.8 Å². The van der Waals surface area contributed by atoms with Gasteiger partial charge < -0.3 is 25.7 Å². The summed E-state index contributed by atoms with van der Waals surface area (Å²) in [6.07, 6.45) is 0.676. The minimum Gasteiger partial charge on any atom is -0.480 e. The number of benzene rings is 3. The average molecular weight is 567 g/mol. The number of hydrogen-bond donors (Lipinski definition) is 5. The van der Waals surface area contributed by atoms with Crippen LogP contribution in [0.15, 0.2) is 66.7 Å². The topological polar surface area (TPSA) is 206 Å². The fourth-order valence-corrected chi connectivity index (χ4v) is 3.89. The van der Waals surface area contributed by atoms with E-state index < -0.39 is 39.4 Å². The maximum atomic E-state index is 13.2. The van der Waals surface area contributed by atoms with Crippen molar-refractivity contribution in [2.24, 2.45) is 5.73 Å². The number of aliphatic carboxylic acids is 1. The van der Waals surface area contributed by atoms with Crippen LogP contribution < -0.4 is 16.4 Å². The van der Waals surface area contributed by atoms with Gasteiger partial charge in [-0.05, 0) is 67.4 Å². The van der Waals surface area contributed by atoms with Crippen molar-refractivity contribution in [3.63, 3.8) is 0 Å². The predicted octanol–water partition coefficient (Wildman–Crippen LogP) is 2.60. The highest BCUT2D eigenvalue weighted by atomic mass is 32.2. The Labute approximate surface area is 229 Å². The van der Waals surface area contributed by atoms with Crippen molar-refractivity contribution in [3.05, 3.63) is 89.0 Å². The normalized spacial score (nSPS) is 11.3. The summed E-state index contributed by atoms with van der Waals surface area (Å²) in [5.74, 6) is -4.16. The third kappa shape index (κ3) is 7.08. The molecular formula is C27H26N4O8S. The molecule has 0 heterocycles. The lowest BCUT2D eigenvalue weighted by atomic mass is 9.93. The van der Waals surface area contributed by atoms with E-state index in [9.17, 15) is 32.7 Å². The molecule has 0 atom stereocenters. The van der Waals surface area contributed by atoms with Crippen molar-refractivity contribution >= 4 is 45.4 Å². The molecule has 0 bridgehead atoms. The number of nitrogens with two attached hydrogens (primary N) is 1. The van der Waals surface area contributed by atoms with Crippen LogP contribution in [-0.4, -0.2) is 54.9 Å². The minimum atomic E-state index is -4.25. The van der Waals surface area contributed by atoms with Crippen LogP contribution in [0.3, 0.4) is 0 Å². The van der Waals surface area contributed by atoms with E-state index in [2.05, 4.69) is 14.8 Å². The Hall–Kier alpha value is -5.04. The molecule has 0 aliphatic heterocycles. The zero-order chi connectivity index (χ0) is 29.8. The van der Waals surface area contributed by atoms with Crippen LogP contribution in [-0.2, 0) is 19.1 Å².